The molecule has 146 valence electrons. The summed E-state index contributed by atoms with van der Waals surface area (Å²) < 4.78 is 1.74. The molecule has 1 aliphatic carbocycles. The van der Waals surface area contributed by atoms with Crippen LogP contribution < -0.4 is 33.9 Å². The number of nitrogens with zero attached hydrogens (tertiary/aromatic N) is 1. The monoisotopic (exact) mass is 516 g/mol. The van der Waals surface area contributed by atoms with Crippen LogP contribution in [0, 0.1) is 13.8 Å². The number of ketones is 2. The summed E-state index contributed by atoms with van der Waals surface area (Å²) in [5, 5.41) is 3.74. The number of rotatable bonds is 3. The van der Waals surface area contributed by atoms with E-state index in [-0.39, 0.29) is 41.2 Å². The lowest BCUT2D eigenvalue weighted by Gasteiger charge is -2.18. The second kappa shape index (κ2) is 8.47. The molecule has 0 atom stereocenters. The van der Waals surface area contributed by atoms with Crippen molar-refractivity contribution in [1.82, 2.24) is 0 Å². The molecule has 0 radical (unpaired) electrons. The molecular weight excluding hydrogens is 499 g/mol. The van der Waals surface area contributed by atoms with Crippen LogP contribution in [0.1, 0.15) is 31.8 Å². The fourth-order valence-corrected chi connectivity index (χ4v) is 3.57. The highest BCUT2D eigenvalue weighted by Crippen LogP contribution is 2.28. The van der Waals surface area contributed by atoms with Crippen LogP contribution in [-0.2, 0) is 0 Å². The molecule has 1 heterocycles. The van der Waals surface area contributed by atoms with E-state index in [1.807, 2.05) is 32.3 Å². The van der Waals surface area contributed by atoms with Gasteiger partial charge in [0.25, 0.3) is 11.5 Å². The summed E-state index contributed by atoms with van der Waals surface area (Å²) in [4.78, 5) is 26.6. The lowest BCUT2D eigenvalue weighted by Crippen LogP contribution is -3.00. The van der Waals surface area contributed by atoms with Gasteiger partial charge in [-0.3, -0.25) is 9.59 Å². The van der Waals surface area contributed by atoms with Crippen LogP contribution in [0.15, 0.2) is 72.7 Å². The quantitative estimate of drug-likeness (QED) is 0.425. The number of Topliss-reactive ketones (excluding diaryl/α,β-unsaturated/α-hetero) is 2. The molecule has 0 amide bonds. The second-order valence-electron chi connectivity index (χ2n) is 6.86. The second-order valence-corrected chi connectivity index (χ2v) is 7.29. The van der Waals surface area contributed by atoms with Gasteiger partial charge in [-0.05, 0) is 44.2 Å². The number of nitrogens with one attached hydrogen (secondary N) is 1. The molecule has 0 saturated heterocycles. The van der Waals surface area contributed by atoms with Gasteiger partial charge in [0.1, 0.15) is 0 Å². The van der Waals surface area contributed by atoms with Crippen molar-refractivity contribution in [2.45, 2.75) is 13.8 Å². The third-order valence-electron chi connectivity index (χ3n) is 4.61. The molecule has 0 spiro atoms. The van der Waals surface area contributed by atoms with Crippen molar-refractivity contribution in [1.29, 1.82) is 0 Å². The minimum Gasteiger partial charge on any atom is -1.00 e. The lowest BCUT2D eigenvalue weighted by molar-refractivity contribution is -0.578. The number of halogens is 2. The van der Waals surface area contributed by atoms with E-state index in [4.69, 9.17) is 11.6 Å². The van der Waals surface area contributed by atoms with E-state index < -0.39 is 0 Å². The van der Waals surface area contributed by atoms with Crippen molar-refractivity contribution >= 4 is 34.6 Å². The Balaban J connectivity index is 0.00000240. The highest BCUT2D eigenvalue weighted by molar-refractivity contribution is 6.36. The number of allylic oxidation sites excluding steroid dienone is 2. The van der Waals surface area contributed by atoms with Crippen LogP contribution >= 0.6 is 11.6 Å². The third kappa shape index (κ3) is 4.11. The van der Waals surface area contributed by atoms with Gasteiger partial charge in [0, 0.05) is 33.0 Å². The van der Waals surface area contributed by atoms with E-state index in [2.05, 4.69) is 5.32 Å². The summed E-state index contributed by atoms with van der Waals surface area (Å²) in [6.07, 6.45) is 3.70. The highest BCUT2D eigenvalue weighted by Gasteiger charge is 2.38. The first-order valence-corrected chi connectivity index (χ1v) is 9.27. The van der Waals surface area contributed by atoms with Gasteiger partial charge in [0.05, 0.1) is 0 Å². The van der Waals surface area contributed by atoms with Crippen molar-refractivity contribution in [3.05, 3.63) is 100.0 Å². The number of hydrogen-bond acceptors (Lipinski definition) is 3. The molecular formula is C23H18ClIN2O2. The topological polar surface area (TPSA) is 50.1 Å². The molecule has 0 bridgehead atoms. The summed E-state index contributed by atoms with van der Waals surface area (Å²) in [6.45, 7) is 3.92. The van der Waals surface area contributed by atoms with Gasteiger partial charge < -0.3 is 29.3 Å². The largest absolute Gasteiger partial charge is 1.00 e. The summed E-state index contributed by atoms with van der Waals surface area (Å²) in [5.74, 6) is -0.409. The lowest BCUT2D eigenvalue weighted by atomic mass is 9.90. The van der Waals surface area contributed by atoms with Crippen LogP contribution in [0.25, 0.3) is 5.70 Å². The SMILES string of the molecule is Cc1cc(C)c[n+](C2=C(Nc3ccc(Cl)cc3)C(=O)c3ccccc3C2=O)c1.[I-]. The number of benzene rings is 2. The van der Waals surface area contributed by atoms with Crippen LogP contribution in [-0.4, -0.2) is 11.6 Å². The Labute approximate surface area is 191 Å². The number of hydrogen-bond donors (Lipinski definition) is 1. The van der Waals surface area contributed by atoms with Crippen molar-refractivity contribution in [2.24, 2.45) is 0 Å². The van der Waals surface area contributed by atoms with E-state index in [0.717, 1.165) is 11.1 Å². The van der Waals surface area contributed by atoms with Gasteiger partial charge in [0.15, 0.2) is 18.1 Å². The number of carbonyl (C=O) groups excluding carboxylic acids is 2. The van der Waals surface area contributed by atoms with Crippen molar-refractivity contribution in [3.8, 4) is 0 Å². The zero-order chi connectivity index (χ0) is 19.8. The number of aromatic nitrogens is 1. The maximum atomic E-state index is 13.3. The Kier molecular flexibility index (Phi) is 6.19. The van der Waals surface area contributed by atoms with E-state index in [1.165, 1.54) is 0 Å². The zero-order valence-corrected chi connectivity index (χ0v) is 18.8. The standard InChI is InChI=1S/C23H17ClN2O2.HI/c1-14-11-15(2)13-26(12-14)21-20(25-17-9-7-16(24)8-10-17)22(27)18-5-3-4-6-19(18)23(21)28;/h3-13H,1-2H3;1H. The Morgan fingerprint density at radius 1 is 0.828 bits per heavy atom. The van der Waals surface area contributed by atoms with Crippen LogP contribution in [0.5, 0.6) is 0 Å². The normalized spacial score (nSPS) is 13.1. The Bertz CT molecular complexity index is 1130. The predicted octanol–water partition coefficient (Wildman–Crippen LogP) is 1.61. The van der Waals surface area contributed by atoms with Gasteiger partial charge in [-0.1, -0.05) is 35.9 Å². The molecule has 0 unspecified atom stereocenters. The number of fused-ring (bicyclic) bond motifs is 1. The molecule has 1 aromatic heterocycles. The fraction of sp³-hybridized carbons (Fsp3) is 0.0870. The molecule has 2 aromatic carbocycles. The Morgan fingerprint density at radius 3 is 1.97 bits per heavy atom. The molecule has 4 rings (SSSR count). The molecule has 3 aromatic rings. The molecule has 29 heavy (non-hydrogen) atoms. The minimum absolute atomic E-state index is 0. The van der Waals surface area contributed by atoms with Crippen molar-refractivity contribution in [2.75, 3.05) is 5.32 Å². The highest BCUT2D eigenvalue weighted by atomic mass is 127. The van der Waals surface area contributed by atoms with E-state index in [1.54, 1.807) is 53.1 Å². The molecule has 0 fully saturated rings. The number of aryl methyl sites for hydroxylation is 2. The molecule has 6 heteroatoms. The predicted molar refractivity (Wildman–Crippen MR) is 110 cm³/mol. The van der Waals surface area contributed by atoms with Gasteiger partial charge >= 0.3 is 0 Å². The number of carbonyl (C=O) groups is 2. The third-order valence-corrected chi connectivity index (χ3v) is 4.86. The smallest absolute Gasteiger partial charge is 0.286 e. The summed E-state index contributed by atoms with van der Waals surface area (Å²) in [7, 11) is 0. The van der Waals surface area contributed by atoms with Gasteiger partial charge in [-0.2, -0.15) is 4.57 Å². The van der Waals surface area contributed by atoms with Crippen LogP contribution in [0.3, 0.4) is 0 Å². The number of anilines is 1. The molecule has 1 N–H and O–H groups in total. The Morgan fingerprint density at radius 2 is 1.38 bits per heavy atom. The average molecular weight is 517 g/mol. The first-order chi connectivity index (χ1) is 13.4. The first kappa shape index (κ1) is 21.2. The van der Waals surface area contributed by atoms with Crippen molar-refractivity contribution < 1.29 is 38.1 Å². The van der Waals surface area contributed by atoms with Gasteiger partial charge in [-0.15, -0.1) is 0 Å². The summed E-state index contributed by atoms with van der Waals surface area (Å²) in [5.41, 5.74) is 4.05. The maximum absolute atomic E-state index is 13.3. The molecule has 1 aliphatic rings. The maximum Gasteiger partial charge on any atom is 0.286 e. The van der Waals surface area contributed by atoms with E-state index in [9.17, 15) is 9.59 Å². The number of pyridine rings is 1. The van der Waals surface area contributed by atoms with Crippen molar-refractivity contribution in [3.63, 3.8) is 0 Å². The zero-order valence-electron chi connectivity index (χ0n) is 15.9. The van der Waals surface area contributed by atoms with E-state index in [0.29, 0.717) is 27.5 Å². The summed E-state index contributed by atoms with van der Waals surface area (Å²) in [6, 6.07) is 15.9. The average Bonchev–Trinajstić information content (AvgIpc) is 2.67. The van der Waals surface area contributed by atoms with Gasteiger partial charge in [0.2, 0.25) is 5.78 Å². The first-order valence-electron chi connectivity index (χ1n) is 8.89. The molecule has 4 nitrogen and oxygen atoms in total. The van der Waals surface area contributed by atoms with E-state index >= 15 is 0 Å². The summed E-state index contributed by atoms with van der Waals surface area (Å²) >= 11 is 5.97. The van der Waals surface area contributed by atoms with Gasteiger partial charge in [-0.25, -0.2) is 0 Å². The van der Waals surface area contributed by atoms with Crippen LogP contribution in [0.2, 0.25) is 5.02 Å². The Hall–Kier alpha value is -2.51. The molecule has 0 aliphatic heterocycles. The fourth-order valence-electron chi connectivity index (χ4n) is 3.44. The minimum atomic E-state index is -0.216. The molecule has 0 saturated carbocycles. The van der Waals surface area contributed by atoms with Crippen LogP contribution in [0.4, 0.5) is 5.69 Å².